The molecule has 1 saturated heterocycles. The maximum absolute atomic E-state index is 13.2. The Morgan fingerprint density at radius 2 is 1.87 bits per heavy atom. The van der Waals surface area contributed by atoms with Crippen molar-refractivity contribution >= 4 is 18.3 Å². The number of ether oxygens (including phenoxy) is 2. The number of nitrogens with two attached hydrogens (primary N) is 1. The van der Waals surface area contributed by atoms with E-state index in [0.29, 0.717) is 32.7 Å². The van der Waals surface area contributed by atoms with Crippen molar-refractivity contribution in [2.45, 2.75) is 39.4 Å². The number of benzene rings is 2. The van der Waals surface area contributed by atoms with Crippen molar-refractivity contribution in [3.05, 3.63) is 65.7 Å². The lowest BCUT2D eigenvalue weighted by molar-refractivity contribution is -0.156. The van der Waals surface area contributed by atoms with Crippen molar-refractivity contribution in [2.24, 2.45) is 11.1 Å². The minimum absolute atomic E-state index is 0. The summed E-state index contributed by atoms with van der Waals surface area (Å²) < 4.78 is 12.0. The van der Waals surface area contributed by atoms with Crippen LogP contribution in [0.25, 0.3) is 0 Å². The molecule has 1 fully saturated rings. The van der Waals surface area contributed by atoms with Gasteiger partial charge in [0.1, 0.15) is 18.5 Å². The molecule has 0 aromatic heterocycles. The van der Waals surface area contributed by atoms with Gasteiger partial charge in [-0.05, 0) is 28.7 Å². The number of nitrogens with zero attached hydrogens (tertiary/aromatic N) is 1. The quantitative estimate of drug-likeness (QED) is 0.749. The summed E-state index contributed by atoms with van der Waals surface area (Å²) in [5, 5.41) is 0. The molecule has 0 unspecified atom stereocenters. The van der Waals surface area contributed by atoms with Crippen LogP contribution < -0.4 is 10.5 Å². The van der Waals surface area contributed by atoms with E-state index in [1.807, 2.05) is 47.4 Å². The van der Waals surface area contributed by atoms with E-state index in [1.165, 1.54) is 0 Å². The van der Waals surface area contributed by atoms with E-state index in [4.69, 9.17) is 15.2 Å². The number of morpholine rings is 1. The zero-order valence-electron chi connectivity index (χ0n) is 18.0. The Kier molecular flexibility index (Phi) is 8.71. The number of hydrogen-bond donors (Lipinski definition) is 1. The highest BCUT2D eigenvalue weighted by Crippen LogP contribution is 2.33. The molecule has 0 spiro atoms. The zero-order chi connectivity index (χ0) is 20.9. The van der Waals surface area contributed by atoms with Gasteiger partial charge in [0.15, 0.2) is 0 Å². The Hall–Kier alpha value is -2.08. The highest BCUT2D eigenvalue weighted by molar-refractivity contribution is 5.85. The van der Waals surface area contributed by atoms with Gasteiger partial charge in [-0.3, -0.25) is 4.79 Å². The average Bonchev–Trinajstić information content (AvgIpc) is 2.72. The van der Waals surface area contributed by atoms with Gasteiger partial charge in [0.25, 0.3) is 0 Å². The van der Waals surface area contributed by atoms with Crippen LogP contribution in [0.2, 0.25) is 0 Å². The summed E-state index contributed by atoms with van der Waals surface area (Å²) >= 11 is 0. The van der Waals surface area contributed by atoms with Gasteiger partial charge in [-0.25, -0.2) is 0 Å². The van der Waals surface area contributed by atoms with Gasteiger partial charge in [0.05, 0.1) is 19.1 Å². The van der Waals surface area contributed by atoms with E-state index >= 15 is 0 Å². The summed E-state index contributed by atoms with van der Waals surface area (Å²) in [6.07, 6.45) is 0.208. The monoisotopic (exact) mass is 432 g/mol. The second-order valence-corrected chi connectivity index (χ2v) is 8.65. The summed E-state index contributed by atoms with van der Waals surface area (Å²) in [5.41, 5.74) is 7.50. The molecule has 1 amide bonds. The summed E-state index contributed by atoms with van der Waals surface area (Å²) in [4.78, 5) is 15.1. The third kappa shape index (κ3) is 6.46. The molecular weight excluding hydrogens is 400 g/mol. The van der Waals surface area contributed by atoms with Crippen molar-refractivity contribution in [1.29, 1.82) is 0 Å². The van der Waals surface area contributed by atoms with Crippen LogP contribution in [0.15, 0.2) is 54.6 Å². The molecule has 164 valence electrons. The molecule has 2 aromatic carbocycles. The second kappa shape index (κ2) is 10.8. The molecule has 2 atom stereocenters. The summed E-state index contributed by atoms with van der Waals surface area (Å²) in [6.45, 7) is 8.58. The number of carbonyl (C=O) groups excluding carboxylic acids is 1. The first-order valence-corrected chi connectivity index (χ1v) is 10.3. The molecule has 6 heteroatoms. The summed E-state index contributed by atoms with van der Waals surface area (Å²) in [6, 6.07) is 17.8. The van der Waals surface area contributed by atoms with Gasteiger partial charge in [0, 0.05) is 13.1 Å². The van der Waals surface area contributed by atoms with E-state index in [1.54, 1.807) is 0 Å². The van der Waals surface area contributed by atoms with Crippen molar-refractivity contribution in [3.8, 4) is 5.75 Å². The van der Waals surface area contributed by atoms with Crippen molar-refractivity contribution in [2.75, 3.05) is 26.2 Å². The topological polar surface area (TPSA) is 64.8 Å². The molecule has 2 N–H and O–H groups in total. The van der Waals surface area contributed by atoms with Crippen LogP contribution >= 0.6 is 12.4 Å². The van der Waals surface area contributed by atoms with Gasteiger partial charge >= 0.3 is 0 Å². The number of amides is 1. The van der Waals surface area contributed by atoms with Crippen LogP contribution in [0.1, 0.15) is 38.0 Å². The highest BCUT2D eigenvalue weighted by atomic mass is 35.5. The van der Waals surface area contributed by atoms with Crippen LogP contribution in [0.3, 0.4) is 0 Å². The molecule has 1 aliphatic rings. The van der Waals surface area contributed by atoms with Crippen molar-refractivity contribution < 1.29 is 14.3 Å². The molecule has 1 heterocycles. The largest absolute Gasteiger partial charge is 0.492 e. The third-order valence-electron chi connectivity index (χ3n) is 5.23. The molecule has 0 saturated carbocycles. The van der Waals surface area contributed by atoms with Crippen LogP contribution in [0, 0.1) is 5.41 Å². The van der Waals surface area contributed by atoms with Crippen LogP contribution in [0.5, 0.6) is 5.75 Å². The fourth-order valence-electron chi connectivity index (χ4n) is 3.50. The first-order chi connectivity index (χ1) is 13.9. The normalized spacial score (nSPS) is 19.1. The van der Waals surface area contributed by atoms with E-state index in [-0.39, 0.29) is 35.9 Å². The smallest absolute Gasteiger partial charge is 0.227 e. The maximum Gasteiger partial charge on any atom is 0.227 e. The Bertz CT molecular complexity index is 808. The maximum atomic E-state index is 13.2. The lowest BCUT2D eigenvalue weighted by atomic mass is 9.87. The first kappa shape index (κ1) is 24.2. The summed E-state index contributed by atoms with van der Waals surface area (Å²) in [7, 11) is 0. The number of carbonyl (C=O) groups is 1. The molecule has 0 aliphatic carbocycles. The molecule has 0 bridgehead atoms. The lowest BCUT2D eigenvalue weighted by Crippen LogP contribution is -2.51. The van der Waals surface area contributed by atoms with Crippen LogP contribution in [-0.4, -0.2) is 43.2 Å². The standard InChI is InChI=1S/C24H32N2O3.ClH/c1-24(2,3)22-17-26(16-21(29-22)19-9-5-4-6-10-19)23(27)15-18-8-7-11-20(14-18)28-13-12-25;/h4-11,14,21-22H,12-13,15-17,25H2,1-3H3;1H/t21-,22+;/m0./s1. The summed E-state index contributed by atoms with van der Waals surface area (Å²) in [5.74, 6) is 0.858. The second-order valence-electron chi connectivity index (χ2n) is 8.65. The SMILES string of the molecule is CC(C)(C)[C@H]1CN(C(=O)Cc2cccc(OCCN)c2)C[C@@H](c2ccccc2)O1.Cl. The van der Waals surface area contributed by atoms with E-state index in [2.05, 4.69) is 32.9 Å². The first-order valence-electron chi connectivity index (χ1n) is 10.3. The fraction of sp³-hybridized carbons (Fsp3) is 0.458. The molecule has 0 radical (unpaired) electrons. The average molecular weight is 433 g/mol. The van der Waals surface area contributed by atoms with E-state index < -0.39 is 0 Å². The third-order valence-corrected chi connectivity index (χ3v) is 5.23. The molecular formula is C24H33ClN2O3. The Balaban J connectivity index is 0.00000320. The Morgan fingerprint density at radius 3 is 2.53 bits per heavy atom. The van der Waals surface area contributed by atoms with E-state index in [9.17, 15) is 4.79 Å². The van der Waals surface area contributed by atoms with Crippen LogP contribution in [0.4, 0.5) is 0 Å². The molecule has 1 aliphatic heterocycles. The van der Waals surface area contributed by atoms with Crippen molar-refractivity contribution in [3.63, 3.8) is 0 Å². The lowest BCUT2D eigenvalue weighted by Gasteiger charge is -2.43. The molecule has 2 aromatic rings. The predicted molar refractivity (Wildman–Crippen MR) is 122 cm³/mol. The predicted octanol–water partition coefficient (Wildman–Crippen LogP) is 4.00. The number of hydrogen-bond acceptors (Lipinski definition) is 4. The van der Waals surface area contributed by atoms with Gasteiger partial charge < -0.3 is 20.1 Å². The van der Waals surface area contributed by atoms with Crippen LogP contribution in [-0.2, 0) is 16.0 Å². The highest BCUT2D eigenvalue weighted by Gasteiger charge is 2.37. The minimum Gasteiger partial charge on any atom is -0.492 e. The molecule has 3 rings (SSSR count). The van der Waals surface area contributed by atoms with Gasteiger partial charge in [-0.15, -0.1) is 12.4 Å². The van der Waals surface area contributed by atoms with Gasteiger partial charge in [0.2, 0.25) is 5.91 Å². The van der Waals surface area contributed by atoms with Crippen molar-refractivity contribution in [1.82, 2.24) is 4.90 Å². The Morgan fingerprint density at radius 1 is 1.13 bits per heavy atom. The van der Waals surface area contributed by atoms with E-state index in [0.717, 1.165) is 16.9 Å². The number of halogens is 1. The fourth-order valence-corrected chi connectivity index (χ4v) is 3.50. The van der Waals surface area contributed by atoms with Gasteiger partial charge in [-0.1, -0.05) is 63.2 Å². The molecule has 5 nitrogen and oxygen atoms in total. The Labute approximate surface area is 186 Å². The van der Waals surface area contributed by atoms with Gasteiger partial charge in [-0.2, -0.15) is 0 Å². The number of rotatable bonds is 6. The zero-order valence-corrected chi connectivity index (χ0v) is 18.9. The molecule has 30 heavy (non-hydrogen) atoms. The minimum atomic E-state index is -0.114.